The first-order valence-electron chi connectivity index (χ1n) is 5.73. The standard InChI is InChI=1S/C15H10ClFO/c16-10-3-1-9(2-4-10)13-8-15(18)14-7-11(17)5-6-12(13)14/h1-7,13H,8H2/t13-/m0/s1. The minimum atomic E-state index is -0.362. The van der Waals surface area contributed by atoms with Crippen molar-refractivity contribution in [3.05, 3.63) is 70.0 Å². The van der Waals surface area contributed by atoms with Crippen LogP contribution in [0.25, 0.3) is 0 Å². The predicted octanol–water partition coefficient (Wildman–Crippen LogP) is 4.20. The molecule has 0 aromatic heterocycles. The van der Waals surface area contributed by atoms with Gasteiger partial charge in [0.2, 0.25) is 0 Å². The van der Waals surface area contributed by atoms with Crippen LogP contribution in [-0.4, -0.2) is 5.78 Å². The Bertz CT molecular complexity index is 619. The monoisotopic (exact) mass is 260 g/mol. The largest absolute Gasteiger partial charge is 0.294 e. The number of benzene rings is 2. The summed E-state index contributed by atoms with van der Waals surface area (Å²) in [6.07, 6.45) is 0.403. The van der Waals surface area contributed by atoms with Crippen LogP contribution in [0.4, 0.5) is 4.39 Å². The third-order valence-corrected chi connectivity index (χ3v) is 3.61. The summed E-state index contributed by atoms with van der Waals surface area (Å²) in [5.41, 5.74) is 2.46. The number of rotatable bonds is 1. The summed E-state index contributed by atoms with van der Waals surface area (Å²) in [4.78, 5) is 11.9. The Balaban J connectivity index is 2.07. The van der Waals surface area contributed by atoms with Gasteiger partial charge in [0.1, 0.15) is 5.82 Å². The molecule has 2 aromatic carbocycles. The zero-order chi connectivity index (χ0) is 12.7. The maximum atomic E-state index is 13.1. The molecule has 0 heterocycles. The molecule has 0 saturated carbocycles. The molecule has 2 aromatic rings. The van der Waals surface area contributed by atoms with Gasteiger partial charge in [-0.05, 0) is 35.4 Å². The van der Waals surface area contributed by atoms with Crippen LogP contribution in [0.3, 0.4) is 0 Å². The maximum Gasteiger partial charge on any atom is 0.164 e. The van der Waals surface area contributed by atoms with Gasteiger partial charge in [-0.1, -0.05) is 29.8 Å². The van der Waals surface area contributed by atoms with Crippen LogP contribution in [0.1, 0.15) is 33.8 Å². The fraction of sp³-hybridized carbons (Fsp3) is 0.133. The second-order valence-electron chi connectivity index (χ2n) is 4.46. The number of carbonyl (C=O) groups excluding carboxylic acids is 1. The smallest absolute Gasteiger partial charge is 0.164 e. The Kier molecular flexibility index (Phi) is 2.67. The van der Waals surface area contributed by atoms with Gasteiger partial charge < -0.3 is 0 Å². The van der Waals surface area contributed by atoms with Crippen LogP contribution in [0, 0.1) is 5.82 Å². The highest BCUT2D eigenvalue weighted by molar-refractivity contribution is 6.30. The maximum absolute atomic E-state index is 13.1. The van der Waals surface area contributed by atoms with Gasteiger partial charge in [-0.25, -0.2) is 4.39 Å². The van der Waals surface area contributed by atoms with E-state index in [2.05, 4.69) is 0 Å². The van der Waals surface area contributed by atoms with Crippen LogP contribution in [-0.2, 0) is 0 Å². The highest BCUT2D eigenvalue weighted by atomic mass is 35.5. The summed E-state index contributed by atoms with van der Waals surface area (Å²) < 4.78 is 13.1. The average Bonchev–Trinajstić information content (AvgIpc) is 2.68. The molecule has 3 heteroatoms. The first-order valence-corrected chi connectivity index (χ1v) is 6.11. The van der Waals surface area contributed by atoms with Crippen LogP contribution in [0.15, 0.2) is 42.5 Å². The molecule has 3 rings (SSSR count). The van der Waals surface area contributed by atoms with E-state index in [4.69, 9.17) is 11.6 Å². The zero-order valence-corrected chi connectivity index (χ0v) is 10.2. The molecule has 18 heavy (non-hydrogen) atoms. The summed E-state index contributed by atoms with van der Waals surface area (Å²) in [6.45, 7) is 0. The Labute approximate surface area is 109 Å². The van der Waals surface area contributed by atoms with Gasteiger partial charge in [-0.2, -0.15) is 0 Å². The fourth-order valence-corrected chi connectivity index (χ4v) is 2.60. The van der Waals surface area contributed by atoms with Gasteiger partial charge in [-0.3, -0.25) is 4.79 Å². The zero-order valence-electron chi connectivity index (χ0n) is 9.49. The molecule has 1 atom stereocenters. The van der Waals surface area contributed by atoms with E-state index in [1.807, 2.05) is 24.3 Å². The van der Waals surface area contributed by atoms with Gasteiger partial charge >= 0.3 is 0 Å². The highest BCUT2D eigenvalue weighted by Crippen LogP contribution is 2.38. The number of halogens is 2. The molecule has 0 saturated heterocycles. The molecule has 0 aliphatic heterocycles. The van der Waals surface area contributed by atoms with E-state index in [9.17, 15) is 9.18 Å². The van der Waals surface area contributed by atoms with E-state index in [0.717, 1.165) is 11.1 Å². The van der Waals surface area contributed by atoms with Crippen molar-refractivity contribution in [3.8, 4) is 0 Å². The first kappa shape index (κ1) is 11.4. The summed E-state index contributed by atoms with van der Waals surface area (Å²) in [6, 6.07) is 11.9. The van der Waals surface area contributed by atoms with Crippen LogP contribution >= 0.6 is 11.6 Å². The summed E-state index contributed by atoms with van der Waals surface area (Å²) >= 11 is 5.85. The fourth-order valence-electron chi connectivity index (χ4n) is 2.47. The molecule has 0 bridgehead atoms. The van der Waals surface area contributed by atoms with Crippen molar-refractivity contribution < 1.29 is 9.18 Å². The first-order chi connectivity index (χ1) is 8.65. The second-order valence-corrected chi connectivity index (χ2v) is 4.90. The Morgan fingerprint density at radius 2 is 1.83 bits per heavy atom. The summed E-state index contributed by atoms with van der Waals surface area (Å²) in [5.74, 6) is -0.339. The number of ketones is 1. The molecule has 0 fully saturated rings. The SMILES string of the molecule is O=C1C[C@@H](c2ccc(Cl)cc2)c2ccc(F)cc21. The molecule has 1 aliphatic rings. The van der Waals surface area contributed by atoms with E-state index in [1.54, 1.807) is 6.07 Å². The Hall–Kier alpha value is -1.67. The van der Waals surface area contributed by atoms with Gasteiger partial charge in [0, 0.05) is 22.9 Å². The Morgan fingerprint density at radius 3 is 2.56 bits per heavy atom. The van der Waals surface area contributed by atoms with Crippen molar-refractivity contribution in [3.63, 3.8) is 0 Å². The van der Waals surface area contributed by atoms with E-state index < -0.39 is 0 Å². The van der Waals surface area contributed by atoms with Gasteiger partial charge in [0.25, 0.3) is 0 Å². The van der Waals surface area contributed by atoms with Crippen molar-refractivity contribution in [1.82, 2.24) is 0 Å². The van der Waals surface area contributed by atoms with Crippen LogP contribution in [0.5, 0.6) is 0 Å². The van der Waals surface area contributed by atoms with Crippen LogP contribution < -0.4 is 0 Å². The molecule has 90 valence electrons. The minimum absolute atomic E-state index is 0.00412. The lowest BCUT2D eigenvalue weighted by Crippen LogP contribution is -1.96. The topological polar surface area (TPSA) is 17.1 Å². The lowest BCUT2D eigenvalue weighted by atomic mass is 9.93. The van der Waals surface area contributed by atoms with Crippen LogP contribution in [0.2, 0.25) is 5.02 Å². The predicted molar refractivity (Wildman–Crippen MR) is 68.6 cm³/mol. The highest BCUT2D eigenvalue weighted by Gasteiger charge is 2.30. The van der Waals surface area contributed by atoms with Gasteiger partial charge in [-0.15, -0.1) is 0 Å². The number of Topliss-reactive ketones (excluding diaryl/α,β-unsaturated/α-hetero) is 1. The molecule has 0 radical (unpaired) electrons. The quantitative estimate of drug-likeness (QED) is 0.751. The molecule has 1 nitrogen and oxygen atoms in total. The van der Waals surface area contributed by atoms with Crippen molar-refractivity contribution >= 4 is 17.4 Å². The summed E-state index contributed by atoms with van der Waals surface area (Å²) in [7, 11) is 0. The lowest BCUT2D eigenvalue weighted by molar-refractivity contribution is 0.0991. The molecule has 0 unspecified atom stereocenters. The van der Waals surface area contributed by atoms with Gasteiger partial charge in [0.05, 0.1) is 0 Å². The molecule has 0 N–H and O–H groups in total. The normalized spacial score (nSPS) is 17.9. The van der Waals surface area contributed by atoms with E-state index in [1.165, 1.54) is 12.1 Å². The number of fused-ring (bicyclic) bond motifs is 1. The van der Waals surface area contributed by atoms with E-state index in [0.29, 0.717) is 17.0 Å². The second kappa shape index (κ2) is 4.21. The molecular weight excluding hydrogens is 251 g/mol. The van der Waals surface area contributed by atoms with E-state index in [-0.39, 0.29) is 17.5 Å². The van der Waals surface area contributed by atoms with Crippen molar-refractivity contribution in [1.29, 1.82) is 0 Å². The van der Waals surface area contributed by atoms with Crippen molar-refractivity contribution in [2.75, 3.05) is 0 Å². The molecule has 1 aliphatic carbocycles. The van der Waals surface area contributed by atoms with Crippen molar-refractivity contribution in [2.24, 2.45) is 0 Å². The number of carbonyl (C=O) groups is 1. The summed E-state index contributed by atoms with van der Waals surface area (Å²) in [5, 5.41) is 0.669. The molecular formula is C15H10ClFO. The molecule has 0 spiro atoms. The number of hydrogen-bond acceptors (Lipinski definition) is 1. The number of hydrogen-bond donors (Lipinski definition) is 0. The lowest BCUT2D eigenvalue weighted by Gasteiger charge is -2.11. The molecule has 0 amide bonds. The third-order valence-electron chi connectivity index (χ3n) is 3.35. The Morgan fingerprint density at radius 1 is 1.11 bits per heavy atom. The van der Waals surface area contributed by atoms with Gasteiger partial charge in [0.15, 0.2) is 5.78 Å². The minimum Gasteiger partial charge on any atom is -0.294 e. The van der Waals surface area contributed by atoms with Crippen molar-refractivity contribution in [2.45, 2.75) is 12.3 Å². The van der Waals surface area contributed by atoms with E-state index >= 15 is 0 Å². The average molecular weight is 261 g/mol. The third kappa shape index (κ3) is 1.83.